The molecule has 6 N–H and O–H groups in total. The maximum atomic E-state index is 12.0. The first kappa shape index (κ1) is 16.4. The average Bonchev–Trinajstić information content (AvgIpc) is 2.96. The minimum atomic E-state index is -0.331. The van der Waals surface area contributed by atoms with Crippen molar-refractivity contribution in [3.05, 3.63) is 29.3 Å². The molecule has 0 bridgehead atoms. The summed E-state index contributed by atoms with van der Waals surface area (Å²) in [5.41, 5.74) is 13.9. The van der Waals surface area contributed by atoms with Gasteiger partial charge in [-0.15, -0.1) is 0 Å². The minimum absolute atomic E-state index is 0.161. The third kappa shape index (κ3) is 4.50. The maximum Gasteiger partial charge on any atom is 0.233 e. The smallest absolute Gasteiger partial charge is 0.233 e. The second-order valence-corrected chi connectivity index (χ2v) is 5.42. The number of carbonyl (C=O) groups is 2. The summed E-state index contributed by atoms with van der Waals surface area (Å²) in [5.74, 6) is -0.659. The number of amides is 2. The third-order valence-corrected chi connectivity index (χ3v) is 3.39. The lowest BCUT2D eigenvalue weighted by Crippen LogP contribution is -2.52. The van der Waals surface area contributed by atoms with Crippen LogP contribution in [0.15, 0.2) is 18.2 Å². The normalized spacial score (nSPS) is 16.3. The van der Waals surface area contributed by atoms with Crippen molar-refractivity contribution in [3.8, 4) is 0 Å². The van der Waals surface area contributed by atoms with Crippen molar-refractivity contribution in [2.45, 2.75) is 39.4 Å². The second kappa shape index (κ2) is 7.32. The molecule has 2 rings (SSSR count). The Kier molecular flexibility index (Phi) is 5.45. The van der Waals surface area contributed by atoms with E-state index in [9.17, 15) is 9.59 Å². The topological polar surface area (TPSA) is 106 Å². The first-order chi connectivity index (χ1) is 10.5. The SMILES string of the molecule is Cc1ccc(C)c(NC(=O)CC(=O)NC(C)C2NNNN2)c1. The van der Waals surface area contributed by atoms with Crippen LogP contribution in [-0.4, -0.2) is 24.0 Å². The predicted molar refractivity (Wildman–Crippen MR) is 83.1 cm³/mol. The van der Waals surface area contributed by atoms with Crippen molar-refractivity contribution in [1.82, 2.24) is 27.2 Å². The van der Waals surface area contributed by atoms with Gasteiger partial charge in [-0.25, -0.2) is 10.9 Å². The summed E-state index contributed by atoms with van der Waals surface area (Å²) in [6, 6.07) is 5.61. The molecule has 120 valence electrons. The Hall–Kier alpha value is -2.00. The summed E-state index contributed by atoms with van der Waals surface area (Å²) in [6.45, 7) is 5.70. The molecule has 0 saturated carbocycles. The molecular formula is C14H22N6O2. The highest BCUT2D eigenvalue weighted by Crippen LogP contribution is 2.16. The standard InChI is InChI=1S/C14H22N6O2/c1-8-4-5-9(2)11(6-8)16-13(22)7-12(21)15-10(3)14-17-19-20-18-14/h4-6,10,14,17-20H,7H2,1-3H3,(H,15,21)(H,16,22). The first-order valence-corrected chi connectivity index (χ1v) is 7.13. The molecule has 1 aliphatic rings. The summed E-state index contributed by atoms with van der Waals surface area (Å²) in [5, 5.41) is 5.53. The molecule has 0 aromatic heterocycles. The van der Waals surface area contributed by atoms with Crippen LogP contribution in [0, 0.1) is 13.8 Å². The molecule has 8 heteroatoms. The molecule has 1 fully saturated rings. The molecule has 22 heavy (non-hydrogen) atoms. The van der Waals surface area contributed by atoms with Gasteiger partial charge in [0.15, 0.2) is 0 Å². The highest BCUT2D eigenvalue weighted by molar-refractivity contribution is 6.03. The zero-order valence-corrected chi connectivity index (χ0v) is 12.9. The Morgan fingerprint density at radius 1 is 1.18 bits per heavy atom. The quantitative estimate of drug-likeness (QED) is 0.413. The first-order valence-electron chi connectivity index (χ1n) is 7.13. The Bertz CT molecular complexity index is 556. The van der Waals surface area contributed by atoms with Crippen molar-refractivity contribution in [2.24, 2.45) is 0 Å². The van der Waals surface area contributed by atoms with Gasteiger partial charge in [0.2, 0.25) is 11.8 Å². The Morgan fingerprint density at radius 2 is 1.86 bits per heavy atom. The van der Waals surface area contributed by atoms with Crippen molar-refractivity contribution in [2.75, 3.05) is 5.32 Å². The Morgan fingerprint density at radius 3 is 2.55 bits per heavy atom. The van der Waals surface area contributed by atoms with Gasteiger partial charge in [0, 0.05) is 5.69 Å². The van der Waals surface area contributed by atoms with Crippen molar-refractivity contribution >= 4 is 17.5 Å². The predicted octanol–water partition coefficient (Wildman–Crippen LogP) is -0.420. The number of rotatable bonds is 5. The molecule has 2 amide bonds. The third-order valence-electron chi connectivity index (χ3n) is 3.39. The van der Waals surface area contributed by atoms with Crippen molar-refractivity contribution in [1.29, 1.82) is 0 Å². The number of nitrogens with one attached hydrogen (secondary N) is 6. The molecule has 0 spiro atoms. The van der Waals surface area contributed by atoms with Crippen molar-refractivity contribution in [3.63, 3.8) is 0 Å². The Balaban J connectivity index is 1.83. The fourth-order valence-corrected chi connectivity index (χ4v) is 2.11. The van der Waals surface area contributed by atoms with Crippen LogP contribution in [0.5, 0.6) is 0 Å². The van der Waals surface area contributed by atoms with Crippen LogP contribution in [0.4, 0.5) is 5.69 Å². The van der Waals surface area contributed by atoms with Crippen LogP contribution in [0.1, 0.15) is 24.5 Å². The number of anilines is 1. The molecule has 1 atom stereocenters. The van der Waals surface area contributed by atoms with Gasteiger partial charge in [-0.05, 0) is 38.0 Å². The van der Waals surface area contributed by atoms with Crippen LogP contribution in [-0.2, 0) is 9.59 Å². The van der Waals surface area contributed by atoms with Gasteiger partial charge in [-0.1, -0.05) is 12.1 Å². The maximum absolute atomic E-state index is 12.0. The van der Waals surface area contributed by atoms with Crippen molar-refractivity contribution < 1.29 is 9.59 Å². The van der Waals surface area contributed by atoms with E-state index < -0.39 is 0 Å². The van der Waals surface area contributed by atoms with Gasteiger partial charge < -0.3 is 10.6 Å². The molecule has 0 radical (unpaired) electrons. The summed E-state index contributed by atoms with van der Waals surface area (Å²) in [6.07, 6.45) is -0.378. The van der Waals surface area contributed by atoms with E-state index in [4.69, 9.17) is 0 Å². The van der Waals surface area contributed by atoms with Gasteiger partial charge in [-0.3, -0.25) is 9.59 Å². The van der Waals surface area contributed by atoms with E-state index in [0.717, 1.165) is 16.8 Å². The molecule has 1 aromatic carbocycles. The van der Waals surface area contributed by atoms with E-state index in [0.29, 0.717) is 0 Å². The second-order valence-electron chi connectivity index (χ2n) is 5.42. The van der Waals surface area contributed by atoms with E-state index in [1.54, 1.807) is 0 Å². The number of hydrazine groups is 3. The molecule has 1 saturated heterocycles. The van der Waals surface area contributed by atoms with Gasteiger partial charge in [0.1, 0.15) is 12.6 Å². The summed E-state index contributed by atoms with van der Waals surface area (Å²) >= 11 is 0. The molecule has 1 heterocycles. The van der Waals surface area contributed by atoms with Gasteiger partial charge in [0.25, 0.3) is 0 Å². The lowest BCUT2D eigenvalue weighted by Gasteiger charge is -2.19. The summed E-state index contributed by atoms with van der Waals surface area (Å²) in [4.78, 5) is 23.9. The highest BCUT2D eigenvalue weighted by atomic mass is 16.2. The van der Waals surface area contributed by atoms with E-state index in [1.165, 1.54) is 0 Å². The van der Waals surface area contributed by atoms with Crippen LogP contribution >= 0.6 is 0 Å². The zero-order valence-electron chi connectivity index (χ0n) is 12.9. The Labute approximate surface area is 129 Å². The summed E-state index contributed by atoms with van der Waals surface area (Å²) < 4.78 is 0. The van der Waals surface area contributed by atoms with E-state index in [-0.39, 0.29) is 30.4 Å². The lowest BCUT2D eigenvalue weighted by atomic mass is 10.1. The molecule has 1 aromatic rings. The van der Waals surface area contributed by atoms with Gasteiger partial charge >= 0.3 is 0 Å². The van der Waals surface area contributed by atoms with E-state index in [1.807, 2.05) is 39.0 Å². The van der Waals surface area contributed by atoms with Crippen LogP contribution in [0.3, 0.4) is 0 Å². The highest BCUT2D eigenvalue weighted by Gasteiger charge is 2.22. The number of carbonyl (C=O) groups excluding carboxylic acids is 2. The molecular weight excluding hydrogens is 284 g/mol. The largest absolute Gasteiger partial charge is 0.350 e. The number of benzene rings is 1. The van der Waals surface area contributed by atoms with Crippen LogP contribution in [0.2, 0.25) is 0 Å². The number of hydrogen-bond donors (Lipinski definition) is 6. The fourth-order valence-electron chi connectivity index (χ4n) is 2.11. The van der Waals surface area contributed by atoms with Gasteiger partial charge in [0.05, 0.1) is 6.04 Å². The minimum Gasteiger partial charge on any atom is -0.350 e. The average molecular weight is 306 g/mol. The van der Waals surface area contributed by atoms with E-state index in [2.05, 4.69) is 32.6 Å². The molecule has 8 nitrogen and oxygen atoms in total. The molecule has 1 aliphatic heterocycles. The lowest BCUT2D eigenvalue weighted by molar-refractivity contribution is -0.127. The van der Waals surface area contributed by atoms with Gasteiger partial charge in [-0.2, -0.15) is 11.1 Å². The fraction of sp³-hybridized carbons (Fsp3) is 0.429. The zero-order chi connectivity index (χ0) is 16.1. The molecule has 1 unspecified atom stereocenters. The monoisotopic (exact) mass is 306 g/mol. The van der Waals surface area contributed by atoms with Crippen LogP contribution < -0.4 is 32.6 Å². The summed E-state index contributed by atoms with van der Waals surface area (Å²) in [7, 11) is 0. The number of hydrogen-bond acceptors (Lipinski definition) is 6. The van der Waals surface area contributed by atoms with E-state index >= 15 is 0 Å². The van der Waals surface area contributed by atoms with Crippen LogP contribution in [0.25, 0.3) is 0 Å². The molecule has 0 aliphatic carbocycles. The number of aryl methyl sites for hydroxylation is 2.